The summed E-state index contributed by atoms with van der Waals surface area (Å²) < 4.78 is 0. The van der Waals surface area contributed by atoms with Crippen LogP contribution in [0.4, 0.5) is 0 Å². The van der Waals surface area contributed by atoms with E-state index >= 15 is 0 Å². The molecule has 1 rings (SSSR count). The lowest BCUT2D eigenvalue weighted by Crippen LogP contribution is -2.38. The molecular formula is C9H10N2O4. The zero-order valence-corrected chi connectivity index (χ0v) is 7.98. The van der Waals surface area contributed by atoms with Crippen LogP contribution in [-0.4, -0.2) is 28.0 Å². The van der Waals surface area contributed by atoms with Crippen molar-refractivity contribution in [3.05, 3.63) is 34.2 Å². The molecule has 6 nitrogen and oxygen atoms in total. The summed E-state index contributed by atoms with van der Waals surface area (Å²) in [5.74, 6) is -1.66. The number of pyridine rings is 1. The van der Waals surface area contributed by atoms with Gasteiger partial charge in [0.2, 0.25) is 5.56 Å². The Morgan fingerprint density at radius 2 is 2.13 bits per heavy atom. The molecule has 0 saturated carbocycles. The topological polar surface area (TPSA) is 99.3 Å². The minimum Gasteiger partial charge on any atom is -0.480 e. The van der Waals surface area contributed by atoms with Gasteiger partial charge in [-0.15, -0.1) is 0 Å². The molecule has 0 fully saturated rings. The normalized spacial score (nSPS) is 11.8. The van der Waals surface area contributed by atoms with Gasteiger partial charge in [0.1, 0.15) is 6.04 Å². The summed E-state index contributed by atoms with van der Waals surface area (Å²) in [6.45, 7) is 1.35. The number of amides is 1. The number of carboxylic acids is 1. The highest BCUT2D eigenvalue weighted by molar-refractivity contribution is 5.96. The molecule has 80 valence electrons. The van der Waals surface area contributed by atoms with E-state index in [4.69, 9.17) is 5.11 Å². The molecule has 6 heteroatoms. The van der Waals surface area contributed by atoms with E-state index in [0.717, 1.165) is 0 Å². The summed E-state index contributed by atoms with van der Waals surface area (Å²) in [5, 5.41) is 10.8. The molecule has 0 aromatic carbocycles. The van der Waals surface area contributed by atoms with E-state index < -0.39 is 17.9 Å². The van der Waals surface area contributed by atoms with Crippen LogP contribution < -0.4 is 10.9 Å². The molecule has 0 spiro atoms. The summed E-state index contributed by atoms with van der Waals surface area (Å²) in [4.78, 5) is 34.8. The Kier molecular flexibility index (Phi) is 3.22. The monoisotopic (exact) mass is 210 g/mol. The highest BCUT2D eigenvalue weighted by Crippen LogP contribution is 1.94. The van der Waals surface area contributed by atoms with Gasteiger partial charge in [-0.1, -0.05) is 0 Å². The highest BCUT2D eigenvalue weighted by Gasteiger charge is 2.14. The SMILES string of the molecule is C[C@H](NC(=O)c1ccc(=O)[nH]c1)C(=O)O. The van der Waals surface area contributed by atoms with Crippen LogP contribution in [0, 0.1) is 0 Å². The van der Waals surface area contributed by atoms with Crippen molar-refractivity contribution in [1.82, 2.24) is 10.3 Å². The average Bonchev–Trinajstić information content (AvgIpc) is 2.18. The molecule has 0 aliphatic rings. The number of hydrogen-bond acceptors (Lipinski definition) is 3. The Morgan fingerprint density at radius 3 is 2.60 bits per heavy atom. The van der Waals surface area contributed by atoms with Gasteiger partial charge < -0.3 is 15.4 Å². The number of carboxylic acid groups (broad SMARTS) is 1. The van der Waals surface area contributed by atoms with E-state index in [1.807, 2.05) is 0 Å². The number of aromatic nitrogens is 1. The van der Waals surface area contributed by atoms with Gasteiger partial charge in [-0.25, -0.2) is 0 Å². The molecule has 1 amide bonds. The molecule has 0 saturated heterocycles. The Morgan fingerprint density at radius 1 is 1.47 bits per heavy atom. The van der Waals surface area contributed by atoms with Gasteiger partial charge in [-0.3, -0.25) is 14.4 Å². The predicted molar refractivity (Wildman–Crippen MR) is 51.6 cm³/mol. The molecule has 3 N–H and O–H groups in total. The van der Waals surface area contributed by atoms with Gasteiger partial charge in [0.05, 0.1) is 5.56 Å². The van der Waals surface area contributed by atoms with Crippen molar-refractivity contribution in [1.29, 1.82) is 0 Å². The molecule has 0 aliphatic carbocycles. The maximum atomic E-state index is 11.4. The maximum absolute atomic E-state index is 11.4. The average molecular weight is 210 g/mol. The van der Waals surface area contributed by atoms with Crippen molar-refractivity contribution in [2.75, 3.05) is 0 Å². The van der Waals surface area contributed by atoms with Crippen molar-refractivity contribution in [2.24, 2.45) is 0 Å². The van der Waals surface area contributed by atoms with Crippen LogP contribution in [0.2, 0.25) is 0 Å². The van der Waals surface area contributed by atoms with E-state index in [0.29, 0.717) is 0 Å². The van der Waals surface area contributed by atoms with Crippen LogP contribution >= 0.6 is 0 Å². The van der Waals surface area contributed by atoms with Gasteiger partial charge in [0.25, 0.3) is 5.91 Å². The minimum absolute atomic E-state index is 0.211. The van der Waals surface area contributed by atoms with Crippen LogP contribution in [0.3, 0.4) is 0 Å². The molecule has 1 atom stereocenters. The third-order valence-corrected chi connectivity index (χ3v) is 1.76. The lowest BCUT2D eigenvalue weighted by molar-refractivity contribution is -0.138. The number of aliphatic carboxylic acids is 1. The standard InChI is InChI=1S/C9H10N2O4/c1-5(9(14)15)11-8(13)6-2-3-7(12)10-4-6/h2-5H,1H3,(H,10,12)(H,11,13)(H,14,15)/t5-/m0/s1. The van der Waals surface area contributed by atoms with Gasteiger partial charge >= 0.3 is 5.97 Å². The van der Waals surface area contributed by atoms with Crippen LogP contribution in [0.25, 0.3) is 0 Å². The quantitative estimate of drug-likeness (QED) is 0.630. The molecular weight excluding hydrogens is 200 g/mol. The fourth-order valence-corrected chi connectivity index (χ4v) is 0.894. The summed E-state index contributed by atoms with van der Waals surface area (Å²) in [6, 6.07) is 1.55. The van der Waals surface area contributed by atoms with E-state index in [-0.39, 0.29) is 11.1 Å². The third-order valence-electron chi connectivity index (χ3n) is 1.76. The van der Waals surface area contributed by atoms with E-state index in [1.54, 1.807) is 0 Å². The molecule has 1 aromatic heterocycles. The number of nitrogens with one attached hydrogen (secondary N) is 2. The Hall–Kier alpha value is -2.11. The summed E-state index contributed by atoms with van der Waals surface area (Å²) >= 11 is 0. The largest absolute Gasteiger partial charge is 0.480 e. The number of hydrogen-bond donors (Lipinski definition) is 3. The van der Waals surface area contributed by atoms with Crippen molar-refractivity contribution < 1.29 is 14.7 Å². The first kappa shape index (κ1) is 11.0. The lowest BCUT2D eigenvalue weighted by Gasteiger charge is -2.08. The summed E-state index contributed by atoms with van der Waals surface area (Å²) in [6.07, 6.45) is 1.23. The minimum atomic E-state index is -1.12. The second-order valence-corrected chi connectivity index (χ2v) is 2.97. The number of carbonyl (C=O) groups is 2. The second-order valence-electron chi connectivity index (χ2n) is 2.97. The van der Waals surface area contributed by atoms with Gasteiger partial charge in [-0.2, -0.15) is 0 Å². The maximum Gasteiger partial charge on any atom is 0.325 e. The zero-order valence-electron chi connectivity index (χ0n) is 7.98. The van der Waals surface area contributed by atoms with Gasteiger partial charge in [0, 0.05) is 12.3 Å². The van der Waals surface area contributed by atoms with Crippen LogP contribution in [0.15, 0.2) is 23.1 Å². The molecule has 15 heavy (non-hydrogen) atoms. The molecule has 0 aliphatic heterocycles. The summed E-state index contributed by atoms with van der Waals surface area (Å²) in [5.41, 5.74) is -0.111. The van der Waals surface area contributed by atoms with Crippen LogP contribution in [0.1, 0.15) is 17.3 Å². The first-order chi connectivity index (χ1) is 7.00. The second kappa shape index (κ2) is 4.41. The van der Waals surface area contributed by atoms with E-state index in [1.165, 1.54) is 25.3 Å². The zero-order chi connectivity index (χ0) is 11.4. The van der Waals surface area contributed by atoms with Crippen molar-refractivity contribution >= 4 is 11.9 Å². The van der Waals surface area contributed by atoms with Crippen molar-refractivity contribution in [2.45, 2.75) is 13.0 Å². The van der Waals surface area contributed by atoms with Gasteiger partial charge in [-0.05, 0) is 13.0 Å². The predicted octanol–water partition coefficient (Wildman–Crippen LogP) is -0.422. The first-order valence-corrected chi connectivity index (χ1v) is 4.23. The number of carbonyl (C=O) groups excluding carboxylic acids is 1. The molecule has 0 radical (unpaired) electrons. The first-order valence-electron chi connectivity index (χ1n) is 4.23. The molecule has 0 bridgehead atoms. The highest BCUT2D eigenvalue weighted by atomic mass is 16.4. The summed E-state index contributed by atoms with van der Waals surface area (Å²) in [7, 11) is 0. The van der Waals surface area contributed by atoms with Gasteiger partial charge in [0.15, 0.2) is 0 Å². The number of rotatable bonds is 3. The fraction of sp³-hybridized carbons (Fsp3) is 0.222. The van der Waals surface area contributed by atoms with E-state index in [2.05, 4.69) is 10.3 Å². The Labute approximate surface area is 84.9 Å². The van der Waals surface area contributed by atoms with Crippen LogP contribution in [0.5, 0.6) is 0 Å². The Bertz CT molecular complexity index is 417. The lowest BCUT2D eigenvalue weighted by atomic mass is 10.2. The Balaban J connectivity index is 2.73. The number of H-pyrrole nitrogens is 1. The van der Waals surface area contributed by atoms with Crippen molar-refractivity contribution in [3.63, 3.8) is 0 Å². The van der Waals surface area contributed by atoms with Crippen LogP contribution in [-0.2, 0) is 4.79 Å². The fourth-order valence-electron chi connectivity index (χ4n) is 0.894. The third kappa shape index (κ3) is 2.94. The smallest absolute Gasteiger partial charge is 0.325 e. The molecule has 1 heterocycles. The van der Waals surface area contributed by atoms with E-state index in [9.17, 15) is 14.4 Å². The number of aromatic amines is 1. The van der Waals surface area contributed by atoms with Crippen molar-refractivity contribution in [3.8, 4) is 0 Å². The molecule has 1 aromatic rings. The molecule has 0 unspecified atom stereocenters.